The third-order valence-electron chi connectivity index (χ3n) is 2.88. The maximum Gasteiger partial charge on any atom is 0.240 e. The van der Waals surface area contributed by atoms with Crippen molar-refractivity contribution in [1.82, 2.24) is 9.71 Å². The second-order valence-electron chi connectivity index (χ2n) is 4.67. The number of sulfonamides is 1. The Hall–Kier alpha value is -1.15. The first-order chi connectivity index (χ1) is 9.79. The highest BCUT2D eigenvalue weighted by atomic mass is 35.5. The molecule has 8 heteroatoms. The highest BCUT2D eigenvalue weighted by Gasteiger charge is 2.18. The van der Waals surface area contributed by atoms with Gasteiger partial charge in [-0.15, -0.1) is 11.3 Å². The Kier molecular flexibility index (Phi) is 4.88. The van der Waals surface area contributed by atoms with Crippen molar-refractivity contribution in [3.8, 4) is 0 Å². The van der Waals surface area contributed by atoms with E-state index in [4.69, 9.17) is 17.3 Å². The highest BCUT2D eigenvalue weighted by molar-refractivity contribution is 7.89. The Morgan fingerprint density at radius 2 is 2.10 bits per heavy atom. The second kappa shape index (κ2) is 6.31. The zero-order valence-corrected chi connectivity index (χ0v) is 14.1. The highest BCUT2D eigenvalue weighted by Crippen LogP contribution is 2.26. The van der Waals surface area contributed by atoms with Gasteiger partial charge in [-0.05, 0) is 31.5 Å². The van der Waals surface area contributed by atoms with E-state index in [0.29, 0.717) is 17.0 Å². The number of aromatic nitrogens is 1. The lowest BCUT2D eigenvalue weighted by Gasteiger charge is -2.10. The molecule has 0 atom stereocenters. The van der Waals surface area contributed by atoms with Crippen molar-refractivity contribution in [1.29, 1.82) is 0 Å². The molecule has 1 aromatic carbocycles. The van der Waals surface area contributed by atoms with Gasteiger partial charge in [-0.2, -0.15) is 0 Å². The van der Waals surface area contributed by atoms with Crippen LogP contribution in [0.15, 0.2) is 22.4 Å². The van der Waals surface area contributed by atoms with Gasteiger partial charge < -0.3 is 5.73 Å². The van der Waals surface area contributed by atoms with Crippen LogP contribution in [0.4, 0.5) is 5.69 Å². The molecule has 0 aliphatic carbocycles. The molecule has 0 saturated heterocycles. The fourth-order valence-electron chi connectivity index (χ4n) is 1.85. The molecule has 0 unspecified atom stereocenters. The van der Waals surface area contributed by atoms with E-state index in [1.165, 1.54) is 17.4 Å². The minimum absolute atomic E-state index is 0.153. The molecule has 0 amide bonds. The Balaban J connectivity index is 2.10. The van der Waals surface area contributed by atoms with Crippen LogP contribution in [0, 0.1) is 13.8 Å². The van der Waals surface area contributed by atoms with Crippen molar-refractivity contribution in [2.45, 2.75) is 25.2 Å². The van der Waals surface area contributed by atoms with Gasteiger partial charge in [-0.3, -0.25) is 0 Å². The van der Waals surface area contributed by atoms with Crippen LogP contribution in [-0.2, 0) is 16.4 Å². The first kappa shape index (κ1) is 16.2. The smallest absolute Gasteiger partial charge is 0.240 e. The summed E-state index contributed by atoms with van der Waals surface area (Å²) in [5.74, 6) is 0. The molecule has 0 spiro atoms. The maximum atomic E-state index is 12.3. The first-order valence-electron chi connectivity index (χ1n) is 6.26. The van der Waals surface area contributed by atoms with E-state index in [0.717, 1.165) is 10.7 Å². The van der Waals surface area contributed by atoms with E-state index in [2.05, 4.69) is 9.71 Å². The number of nitrogen functional groups attached to an aromatic ring is 1. The molecule has 21 heavy (non-hydrogen) atoms. The second-order valence-corrected chi connectivity index (χ2v) is 7.75. The summed E-state index contributed by atoms with van der Waals surface area (Å²) in [7, 11) is -3.61. The van der Waals surface area contributed by atoms with Gasteiger partial charge in [0.15, 0.2) is 0 Å². The summed E-state index contributed by atoms with van der Waals surface area (Å²) >= 11 is 7.40. The van der Waals surface area contributed by atoms with E-state index < -0.39 is 10.0 Å². The summed E-state index contributed by atoms with van der Waals surface area (Å²) in [5, 5.41) is 3.20. The molecule has 2 aromatic rings. The lowest BCUT2D eigenvalue weighted by molar-refractivity contribution is 0.581. The minimum Gasteiger partial charge on any atom is -0.397 e. The Morgan fingerprint density at radius 3 is 2.71 bits per heavy atom. The van der Waals surface area contributed by atoms with Crippen molar-refractivity contribution in [3.05, 3.63) is 38.8 Å². The van der Waals surface area contributed by atoms with Crippen molar-refractivity contribution in [2.24, 2.45) is 0 Å². The number of rotatable bonds is 5. The molecule has 0 radical (unpaired) electrons. The molecular formula is C13H16ClN3O2S2. The molecule has 1 heterocycles. The van der Waals surface area contributed by atoms with Gasteiger partial charge >= 0.3 is 0 Å². The molecule has 0 saturated carbocycles. The standard InChI is InChI=1S/C13H16ClN3O2S2/c1-8-5-10(14)11(15)6-12(8)21(18,19)16-4-3-13-17-9(2)7-20-13/h5-7,16H,3-4,15H2,1-2H3. The summed E-state index contributed by atoms with van der Waals surface area (Å²) in [6.45, 7) is 3.88. The number of hydrogen-bond acceptors (Lipinski definition) is 5. The predicted molar refractivity (Wildman–Crippen MR) is 86.3 cm³/mol. The van der Waals surface area contributed by atoms with Crippen LogP contribution < -0.4 is 10.5 Å². The first-order valence-corrected chi connectivity index (χ1v) is 9.00. The number of hydrogen-bond donors (Lipinski definition) is 2. The molecule has 1 aromatic heterocycles. The third-order valence-corrected chi connectivity index (χ3v) is 5.84. The molecule has 0 bridgehead atoms. The summed E-state index contributed by atoms with van der Waals surface area (Å²) in [4.78, 5) is 4.45. The van der Waals surface area contributed by atoms with Crippen LogP contribution in [0.25, 0.3) is 0 Å². The number of halogens is 1. The monoisotopic (exact) mass is 345 g/mol. The van der Waals surface area contributed by atoms with Gasteiger partial charge in [0, 0.05) is 24.0 Å². The average molecular weight is 346 g/mol. The lowest BCUT2D eigenvalue weighted by Crippen LogP contribution is -2.26. The molecule has 0 aliphatic rings. The molecule has 0 fully saturated rings. The van der Waals surface area contributed by atoms with Crippen LogP contribution in [-0.4, -0.2) is 19.9 Å². The summed E-state index contributed by atoms with van der Waals surface area (Å²) < 4.78 is 27.1. The Labute approximate surface area is 133 Å². The van der Waals surface area contributed by atoms with Crippen molar-refractivity contribution in [3.63, 3.8) is 0 Å². The lowest BCUT2D eigenvalue weighted by atomic mass is 10.2. The molecule has 0 aliphatic heterocycles. The van der Waals surface area contributed by atoms with E-state index in [1.54, 1.807) is 13.0 Å². The number of thiazole rings is 1. The van der Waals surface area contributed by atoms with Gasteiger partial charge in [0.25, 0.3) is 0 Å². The molecule has 2 rings (SSSR count). The van der Waals surface area contributed by atoms with Crippen LogP contribution >= 0.6 is 22.9 Å². The predicted octanol–water partition coefficient (Wildman–Crippen LogP) is 2.52. The number of benzene rings is 1. The average Bonchev–Trinajstić information content (AvgIpc) is 2.79. The van der Waals surface area contributed by atoms with Crippen LogP contribution in [0.3, 0.4) is 0 Å². The minimum atomic E-state index is -3.61. The van der Waals surface area contributed by atoms with Gasteiger partial charge in [-0.1, -0.05) is 11.6 Å². The third kappa shape index (κ3) is 3.94. The molecule has 114 valence electrons. The van der Waals surface area contributed by atoms with Crippen LogP contribution in [0.5, 0.6) is 0 Å². The Bertz CT molecular complexity index is 757. The van der Waals surface area contributed by atoms with E-state index in [-0.39, 0.29) is 17.1 Å². The van der Waals surface area contributed by atoms with Crippen LogP contribution in [0.2, 0.25) is 5.02 Å². The summed E-state index contributed by atoms with van der Waals surface area (Å²) in [6, 6.07) is 2.93. The van der Waals surface area contributed by atoms with E-state index in [9.17, 15) is 8.42 Å². The van der Waals surface area contributed by atoms with Gasteiger partial charge in [0.05, 0.1) is 20.6 Å². The van der Waals surface area contributed by atoms with Gasteiger partial charge in [0.2, 0.25) is 10.0 Å². The number of anilines is 1. The quantitative estimate of drug-likeness (QED) is 0.815. The fraction of sp³-hybridized carbons (Fsp3) is 0.308. The number of aryl methyl sites for hydroxylation is 2. The van der Waals surface area contributed by atoms with Crippen molar-refractivity contribution >= 4 is 38.6 Å². The molecule has 3 N–H and O–H groups in total. The van der Waals surface area contributed by atoms with Gasteiger partial charge in [-0.25, -0.2) is 18.1 Å². The topological polar surface area (TPSA) is 85.1 Å². The number of nitrogens with two attached hydrogens (primary N) is 1. The molecule has 5 nitrogen and oxygen atoms in total. The SMILES string of the molecule is Cc1csc(CCNS(=O)(=O)c2cc(N)c(Cl)cc2C)n1. The summed E-state index contributed by atoms with van der Waals surface area (Å²) in [5.41, 5.74) is 7.43. The fourth-order valence-corrected chi connectivity index (χ4v) is 4.13. The zero-order chi connectivity index (χ0) is 15.6. The summed E-state index contributed by atoms with van der Waals surface area (Å²) in [6.07, 6.45) is 0.555. The Morgan fingerprint density at radius 1 is 1.38 bits per heavy atom. The maximum absolute atomic E-state index is 12.3. The zero-order valence-electron chi connectivity index (χ0n) is 11.7. The van der Waals surface area contributed by atoms with Crippen LogP contribution in [0.1, 0.15) is 16.3 Å². The van der Waals surface area contributed by atoms with E-state index in [1.807, 2.05) is 12.3 Å². The molecular weight excluding hydrogens is 330 g/mol. The van der Waals surface area contributed by atoms with Gasteiger partial charge in [0.1, 0.15) is 0 Å². The van der Waals surface area contributed by atoms with Crippen molar-refractivity contribution in [2.75, 3.05) is 12.3 Å². The van der Waals surface area contributed by atoms with E-state index >= 15 is 0 Å². The van der Waals surface area contributed by atoms with Crippen molar-refractivity contribution < 1.29 is 8.42 Å². The number of nitrogens with one attached hydrogen (secondary N) is 1. The number of nitrogens with zero attached hydrogens (tertiary/aromatic N) is 1. The largest absolute Gasteiger partial charge is 0.397 e. The normalized spacial score (nSPS) is 11.8.